The van der Waals surface area contributed by atoms with Gasteiger partial charge >= 0.3 is 0 Å². The molecule has 0 unspecified atom stereocenters. The highest BCUT2D eigenvalue weighted by molar-refractivity contribution is 7.10. The zero-order valence-corrected chi connectivity index (χ0v) is 19.7. The smallest absolute Gasteiger partial charge is 0.273 e. The SMILES string of the molecule is C#Cc1nc(C(=O)N2CCN(C(=O)c3cc(Cc4n[nH]c(=O)c5cccnc45)ccc3F)CC2)cs1. The van der Waals surface area contributed by atoms with Crippen LogP contribution in [-0.2, 0) is 6.42 Å². The molecule has 1 saturated heterocycles. The van der Waals surface area contributed by atoms with Crippen LogP contribution in [0.5, 0.6) is 0 Å². The second-order valence-corrected chi connectivity index (χ2v) is 9.01. The van der Waals surface area contributed by atoms with Gasteiger partial charge in [0.15, 0.2) is 5.01 Å². The van der Waals surface area contributed by atoms with Crippen molar-refractivity contribution >= 4 is 34.1 Å². The summed E-state index contributed by atoms with van der Waals surface area (Å²) in [6, 6.07) is 7.62. The van der Waals surface area contributed by atoms with Gasteiger partial charge < -0.3 is 9.80 Å². The normalized spacial score (nSPS) is 13.6. The maximum Gasteiger partial charge on any atom is 0.273 e. The molecular weight excluding hydrogens is 483 g/mol. The number of aromatic nitrogens is 4. The maximum atomic E-state index is 14.7. The second-order valence-electron chi connectivity index (χ2n) is 8.16. The Hall–Kier alpha value is -4.43. The molecule has 1 N–H and O–H groups in total. The highest BCUT2D eigenvalue weighted by Crippen LogP contribution is 2.20. The number of pyridine rings is 1. The van der Waals surface area contributed by atoms with Crippen LogP contribution in [-0.4, -0.2) is 68.0 Å². The Balaban J connectivity index is 1.30. The van der Waals surface area contributed by atoms with E-state index >= 15 is 0 Å². The van der Waals surface area contributed by atoms with Crippen molar-refractivity contribution in [2.75, 3.05) is 26.2 Å². The Labute approximate surface area is 208 Å². The van der Waals surface area contributed by atoms with E-state index in [4.69, 9.17) is 6.42 Å². The van der Waals surface area contributed by atoms with Gasteiger partial charge in [0, 0.05) is 44.2 Å². The van der Waals surface area contributed by atoms with Crippen LogP contribution in [0, 0.1) is 18.2 Å². The highest BCUT2D eigenvalue weighted by Gasteiger charge is 2.28. The summed E-state index contributed by atoms with van der Waals surface area (Å²) >= 11 is 1.22. The summed E-state index contributed by atoms with van der Waals surface area (Å²) in [6.45, 7) is 1.12. The summed E-state index contributed by atoms with van der Waals surface area (Å²) in [5.41, 5.74) is 1.48. The van der Waals surface area contributed by atoms with E-state index in [-0.39, 0.29) is 42.2 Å². The molecule has 0 saturated carbocycles. The number of terminal acetylenes is 1. The average molecular weight is 503 g/mol. The highest BCUT2D eigenvalue weighted by atomic mass is 32.1. The van der Waals surface area contributed by atoms with Gasteiger partial charge in [0.1, 0.15) is 11.5 Å². The van der Waals surface area contributed by atoms with Gasteiger partial charge in [-0.25, -0.2) is 14.5 Å². The van der Waals surface area contributed by atoms with Crippen molar-refractivity contribution in [2.45, 2.75) is 6.42 Å². The fourth-order valence-electron chi connectivity index (χ4n) is 4.10. The lowest BCUT2D eigenvalue weighted by molar-refractivity contribution is 0.0530. The van der Waals surface area contributed by atoms with E-state index in [0.29, 0.717) is 40.3 Å². The number of piperazine rings is 1. The molecule has 1 aliphatic rings. The third-order valence-electron chi connectivity index (χ3n) is 5.95. The number of thiazole rings is 1. The van der Waals surface area contributed by atoms with Crippen molar-refractivity contribution in [2.24, 2.45) is 0 Å². The summed E-state index contributed by atoms with van der Waals surface area (Å²) < 4.78 is 14.7. The molecule has 0 radical (unpaired) electrons. The van der Waals surface area contributed by atoms with Gasteiger partial charge in [0.05, 0.1) is 22.2 Å². The van der Waals surface area contributed by atoms with E-state index in [1.54, 1.807) is 34.7 Å². The quantitative estimate of drug-likeness (QED) is 0.428. The number of carbonyl (C=O) groups is 2. The number of halogens is 1. The van der Waals surface area contributed by atoms with Gasteiger partial charge in [0.25, 0.3) is 17.4 Å². The molecular formula is C25H19FN6O3S. The summed E-state index contributed by atoms with van der Waals surface area (Å²) in [5, 5.41) is 9.01. The molecule has 4 aromatic rings. The number of benzene rings is 1. The fourth-order valence-corrected chi connectivity index (χ4v) is 4.69. The molecule has 4 heterocycles. The summed E-state index contributed by atoms with van der Waals surface area (Å²) in [7, 11) is 0. The lowest BCUT2D eigenvalue weighted by Crippen LogP contribution is -2.50. The number of carbonyl (C=O) groups excluding carboxylic acids is 2. The van der Waals surface area contributed by atoms with Gasteiger partial charge in [-0.3, -0.25) is 19.4 Å². The van der Waals surface area contributed by atoms with Gasteiger partial charge in [0.2, 0.25) is 0 Å². The number of hydrogen-bond acceptors (Lipinski definition) is 7. The predicted octanol–water partition coefficient (Wildman–Crippen LogP) is 2.08. The predicted molar refractivity (Wildman–Crippen MR) is 131 cm³/mol. The van der Waals surface area contributed by atoms with E-state index in [1.165, 1.54) is 28.4 Å². The maximum absolute atomic E-state index is 14.7. The number of H-pyrrole nitrogens is 1. The van der Waals surface area contributed by atoms with Gasteiger partial charge in [-0.05, 0) is 35.7 Å². The standard InChI is InChI=1S/C25H19FN6O3S/c1-2-21-28-20(14-36-21)25(35)32-10-8-31(9-11-32)24(34)17-12-15(5-6-18(17)26)13-19-22-16(4-3-7-27-22)23(33)30-29-19/h1,3-7,12,14H,8-11,13H2,(H,30,33). The Bertz CT molecular complexity index is 1580. The first-order valence-corrected chi connectivity index (χ1v) is 11.9. The summed E-state index contributed by atoms with van der Waals surface area (Å²) in [6.07, 6.45) is 7.14. The molecule has 0 aliphatic carbocycles. The lowest BCUT2D eigenvalue weighted by atomic mass is 10.0. The van der Waals surface area contributed by atoms with Crippen molar-refractivity contribution in [3.63, 3.8) is 0 Å². The molecule has 0 bridgehead atoms. The number of rotatable bonds is 4. The van der Waals surface area contributed by atoms with Gasteiger partial charge in [-0.1, -0.05) is 6.07 Å². The molecule has 11 heteroatoms. The number of nitrogens with zero attached hydrogens (tertiary/aromatic N) is 5. The molecule has 0 spiro atoms. The molecule has 3 aromatic heterocycles. The fraction of sp³-hybridized carbons (Fsp3) is 0.200. The van der Waals surface area contributed by atoms with Crippen molar-refractivity contribution < 1.29 is 14.0 Å². The Morgan fingerprint density at radius 2 is 1.89 bits per heavy atom. The number of amides is 2. The van der Waals surface area contributed by atoms with Crippen LogP contribution < -0.4 is 5.56 Å². The topological polar surface area (TPSA) is 112 Å². The first kappa shape index (κ1) is 23.3. The van der Waals surface area contributed by atoms with Crippen LogP contribution in [0.25, 0.3) is 10.9 Å². The zero-order chi connectivity index (χ0) is 25.2. The molecule has 1 aliphatic heterocycles. The minimum absolute atomic E-state index is 0.0628. The van der Waals surface area contributed by atoms with Crippen LogP contribution in [0.3, 0.4) is 0 Å². The van der Waals surface area contributed by atoms with E-state index in [0.717, 1.165) is 0 Å². The van der Waals surface area contributed by atoms with Crippen molar-refractivity contribution in [3.8, 4) is 12.3 Å². The van der Waals surface area contributed by atoms with Gasteiger partial charge in [-0.15, -0.1) is 17.8 Å². The summed E-state index contributed by atoms with van der Waals surface area (Å²) in [5.74, 6) is 1.07. The first-order valence-electron chi connectivity index (χ1n) is 11.1. The van der Waals surface area contributed by atoms with Crippen LogP contribution >= 0.6 is 11.3 Å². The lowest BCUT2D eigenvalue weighted by Gasteiger charge is -2.34. The first-order chi connectivity index (χ1) is 17.4. The Morgan fingerprint density at radius 1 is 1.14 bits per heavy atom. The van der Waals surface area contributed by atoms with Crippen molar-refractivity contribution in [1.82, 2.24) is 30.0 Å². The molecule has 0 atom stereocenters. The van der Waals surface area contributed by atoms with E-state index in [1.807, 2.05) is 0 Å². The number of hydrogen-bond donors (Lipinski definition) is 1. The average Bonchev–Trinajstić information content (AvgIpc) is 3.40. The van der Waals surface area contributed by atoms with E-state index in [9.17, 15) is 18.8 Å². The number of aromatic amines is 1. The molecule has 1 fully saturated rings. The Kier molecular flexibility index (Phi) is 6.26. The zero-order valence-electron chi connectivity index (χ0n) is 18.9. The third kappa shape index (κ3) is 4.46. The van der Waals surface area contributed by atoms with Crippen LogP contribution in [0.4, 0.5) is 4.39 Å². The third-order valence-corrected chi connectivity index (χ3v) is 6.73. The van der Waals surface area contributed by atoms with Gasteiger partial charge in [-0.2, -0.15) is 5.10 Å². The molecule has 9 nitrogen and oxygen atoms in total. The molecule has 180 valence electrons. The molecule has 1 aromatic carbocycles. The number of nitrogens with one attached hydrogen (secondary N) is 1. The molecule has 5 rings (SSSR count). The monoisotopic (exact) mass is 502 g/mol. The van der Waals surface area contributed by atoms with Crippen LogP contribution in [0.15, 0.2) is 46.7 Å². The summed E-state index contributed by atoms with van der Waals surface area (Å²) in [4.78, 5) is 49.3. The minimum Gasteiger partial charge on any atom is -0.335 e. The Morgan fingerprint density at radius 3 is 2.61 bits per heavy atom. The van der Waals surface area contributed by atoms with Crippen molar-refractivity contribution in [1.29, 1.82) is 0 Å². The van der Waals surface area contributed by atoms with E-state index in [2.05, 4.69) is 26.1 Å². The second kappa shape index (κ2) is 9.67. The minimum atomic E-state index is -0.635. The van der Waals surface area contributed by atoms with E-state index < -0.39 is 11.7 Å². The number of fused-ring (bicyclic) bond motifs is 1. The molecule has 36 heavy (non-hydrogen) atoms. The molecule has 2 amide bonds. The van der Waals surface area contributed by atoms with Crippen molar-refractivity contribution in [3.05, 3.63) is 85.6 Å². The van der Waals surface area contributed by atoms with Crippen LogP contribution in [0.1, 0.15) is 37.1 Å². The largest absolute Gasteiger partial charge is 0.335 e. The van der Waals surface area contributed by atoms with Crippen LogP contribution in [0.2, 0.25) is 0 Å².